The summed E-state index contributed by atoms with van der Waals surface area (Å²) < 4.78 is 3.64. The second-order valence-electron chi connectivity index (χ2n) is 8.88. The van der Waals surface area contributed by atoms with Crippen LogP contribution in [0, 0.1) is 6.92 Å². The number of benzene rings is 3. The van der Waals surface area contributed by atoms with Crippen LogP contribution in [-0.4, -0.2) is 0 Å². The molecule has 0 unspecified atom stereocenters. The van der Waals surface area contributed by atoms with Gasteiger partial charge >= 0.3 is 0 Å². The van der Waals surface area contributed by atoms with Gasteiger partial charge in [0.05, 0.1) is 0 Å². The molecule has 1 nitrogen and oxygen atoms in total. The molecule has 0 spiro atoms. The van der Waals surface area contributed by atoms with Crippen LogP contribution in [0.4, 0.5) is 0 Å². The van der Waals surface area contributed by atoms with Crippen molar-refractivity contribution in [2.24, 2.45) is 7.05 Å². The second-order valence-corrected chi connectivity index (χ2v) is 10.8. The molecule has 0 radical (unpaired) electrons. The summed E-state index contributed by atoms with van der Waals surface area (Å²) in [6, 6.07) is 31.1. The van der Waals surface area contributed by atoms with Gasteiger partial charge in [-0.2, -0.15) is 4.57 Å². The summed E-state index contributed by atoms with van der Waals surface area (Å²) in [5.74, 6) is 0. The minimum Gasteiger partial charge on any atom is -0.199 e. The van der Waals surface area contributed by atoms with Gasteiger partial charge in [-0.1, -0.05) is 72.8 Å². The smallest absolute Gasteiger partial charge is 0.199 e. The molecule has 0 N–H and O–H groups in total. The van der Waals surface area contributed by atoms with Crippen molar-refractivity contribution in [3.05, 3.63) is 102 Å². The zero-order valence-electron chi connectivity index (χ0n) is 19.0. The Morgan fingerprint density at radius 1 is 0.618 bits per heavy atom. The lowest BCUT2D eigenvalue weighted by Gasteiger charge is -2.21. The van der Waals surface area contributed by atoms with E-state index in [2.05, 4.69) is 115 Å². The van der Waals surface area contributed by atoms with E-state index in [0.29, 0.717) is 0 Å². The lowest BCUT2D eigenvalue weighted by molar-refractivity contribution is -0.659. The maximum absolute atomic E-state index is 2.31. The molecule has 0 saturated heterocycles. The summed E-state index contributed by atoms with van der Waals surface area (Å²) in [4.78, 5) is 2.72. The second kappa shape index (κ2) is 7.49. The van der Waals surface area contributed by atoms with Gasteiger partial charge < -0.3 is 0 Å². The maximum Gasteiger partial charge on any atom is 0.240 e. The van der Waals surface area contributed by atoms with E-state index in [0.717, 1.165) is 0 Å². The number of hydrogen-bond acceptors (Lipinski definition) is 2. The Hall–Kier alpha value is -3.53. The van der Waals surface area contributed by atoms with Gasteiger partial charge in [0.1, 0.15) is 16.6 Å². The fourth-order valence-corrected chi connectivity index (χ4v) is 7.89. The third-order valence-corrected chi connectivity index (χ3v) is 9.25. The van der Waals surface area contributed by atoms with Crippen LogP contribution < -0.4 is 4.57 Å². The zero-order valence-corrected chi connectivity index (χ0v) is 20.6. The first-order chi connectivity index (χ1) is 16.7. The summed E-state index contributed by atoms with van der Waals surface area (Å²) >= 11 is 3.77. The monoisotopic (exact) mass is 472 g/mol. The number of aromatic nitrogens is 1. The van der Waals surface area contributed by atoms with Crippen LogP contribution in [0.5, 0.6) is 0 Å². The van der Waals surface area contributed by atoms with Crippen LogP contribution in [0.25, 0.3) is 64.5 Å². The highest BCUT2D eigenvalue weighted by molar-refractivity contribution is 7.21. The van der Waals surface area contributed by atoms with Gasteiger partial charge in [-0.15, -0.1) is 22.7 Å². The topological polar surface area (TPSA) is 3.88 Å². The molecule has 0 saturated carbocycles. The molecule has 3 heteroatoms. The van der Waals surface area contributed by atoms with Crippen LogP contribution in [0.3, 0.4) is 0 Å². The Morgan fingerprint density at radius 3 is 1.85 bits per heavy atom. The average Bonchev–Trinajstić information content (AvgIpc) is 3.48. The first kappa shape index (κ1) is 19.9. The standard InChI is InChI=1S/C31H22NS2/c1-19-27-25-13-7-5-11-23(25)21-9-3-4-10-22(21)24-12-6-8-14-26(24)31(27)34-29(19)28-30-20(16-18-33-30)15-17-32(28)2/h3-18H,1-2H3/q+1. The van der Waals surface area contributed by atoms with Gasteiger partial charge in [0.25, 0.3) is 0 Å². The SMILES string of the molecule is Cc1c(-c2c3sccc3cc[n+]2C)sc2c1-c1ccccc1-c1ccccc1-c1ccccc1-2. The first-order valence-corrected chi connectivity index (χ1v) is 13.2. The molecule has 7 rings (SSSR count). The fourth-order valence-electron chi connectivity index (χ4n) is 5.39. The Bertz CT molecular complexity index is 1730. The minimum atomic E-state index is 1.30. The van der Waals surface area contributed by atoms with Crippen molar-refractivity contribution in [1.82, 2.24) is 0 Å². The highest BCUT2D eigenvalue weighted by Crippen LogP contribution is 2.54. The van der Waals surface area contributed by atoms with Crippen LogP contribution in [-0.2, 0) is 7.05 Å². The molecule has 6 aromatic rings. The van der Waals surface area contributed by atoms with E-state index in [4.69, 9.17) is 0 Å². The third kappa shape index (κ3) is 2.74. The summed E-state index contributed by atoms with van der Waals surface area (Å²) in [5.41, 5.74) is 11.9. The third-order valence-electron chi connectivity index (χ3n) is 6.98. The van der Waals surface area contributed by atoms with Gasteiger partial charge in [-0.25, -0.2) is 0 Å². The molecule has 3 aromatic carbocycles. The van der Waals surface area contributed by atoms with E-state index >= 15 is 0 Å². The van der Waals surface area contributed by atoms with Crippen LogP contribution in [0.15, 0.2) is 96.5 Å². The van der Waals surface area contributed by atoms with E-state index in [1.165, 1.54) is 70.0 Å². The van der Waals surface area contributed by atoms with E-state index in [9.17, 15) is 0 Å². The van der Waals surface area contributed by atoms with Crippen LogP contribution in [0.1, 0.15) is 5.56 Å². The molecule has 1 aliphatic carbocycles. The molecule has 3 aromatic heterocycles. The lowest BCUT2D eigenvalue weighted by atomic mass is 9.83. The Kier molecular flexibility index (Phi) is 4.38. The van der Waals surface area contributed by atoms with Gasteiger partial charge in [0, 0.05) is 27.5 Å². The van der Waals surface area contributed by atoms with Crippen molar-refractivity contribution < 1.29 is 4.57 Å². The van der Waals surface area contributed by atoms with E-state index in [1.54, 1.807) is 0 Å². The van der Waals surface area contributed by atoms with E-state index in [1.807, 2.05) is 22.7 Å². The highest BCUT2D eigenvalue weighted by atomic mass is 32.1. The largest absolute Gasteiger partial charge is 0.240 e. The fraction of sp³-hybridized carbons (Fsp3) is 0.0645. The van der Waals surface area contributed by atoms with Crippen LogP contribution in [0.2, 0.25) is 0 Å². The highest BCUT2D eigenvalue weighted by Gasteiger charge is 2.29. The van der Waals surface area contributed by atoms with Gasteiger partial charge in [0.2, 0.25) is 5.69 Å². The van der Waals surface area contributed by atoms with Gasteiger partial charge in [-0.3, -0.25) is 0 Å². The summed E-state index contributed by atoms with van der Waals surface area (Å²) in [5, 5.41) is 3.51. The minimum absolute atomic E-state index is 1.30. The quantitative estimate of drug-likeness (QED) is 0.210. The molecule has 0 bridgehead atoms. The molecule has 34 heavy (non-hydrogen) atoms. The van der Waals surface area contributed by atoms with Crippen molar-refractivity contribution in [1.29, 1.82) is 0 Å². The number of nitrogens with zero attached hydrogens (tertiary/aromatic N) is 1. The van der Waals surface area contributed by atoms with Crippen molar-refractivity contribution in [2.75, 3.05) is 0 Å². The average molecular weight is 473 g/mol. The molecule has 1 aliphatic rings. The lowest BCUT2D eigenvalue weighted by Crippen LogP contribution is -2.30. The van der Waals surface area contributed by atoms with Crippen molar-refractivity contribution >= 4 is 32.8 Å². The van der Waals surface area contributed by atoms with Crippen molar-refractivity contribution in [3.63, 3.8) is 0 Å². The van der Waals surface area contributed by atoms with Gasteiger partial charge in [0.15, 0.2) is 6.20 Å². The Labute approximate surface area is 207 Å². The summed E-state index contributed by atoms with van der Waals surface area (Å²) in [6.07, 6.45) is 2.19. The normalized spacial score (nSPS) is 11.8. The zero-order chi connectivity index (χ0) is 22.8. The Balaban J connectivity index is 1.65. The van der Waals surface area contributed by atoms with Crippen molar-refractivity contribution in [3.8, 4) is 54.4 Å². The Morgan fingerprint density at radius 2 is 1.18 bits per heavy atom. The van der Waals surface area contributed by atoms with E-state index < -0.39 is 0 Å². The number of hydrogen-bond donors (Lipinski definition) is 0. The molecule has 162 valence electrons. The van der Waals surface area contributed by atoms with Crippen LogP contribution >= 0.6 is 22.7 Å². The predicted octanol–water partition coefficient (Wildman–Crippen LogP) is 8.74. The van der Waals surface area contributed by atoms with Gasteiger partial charge in [-0.05, 0) is 51.8 Å². The molecule has 0 amide bonds. The molecule has 0 atom stereocenters. The number of pyridine rings is 1. The molecule has 3 heterocycles. The molecular formula is C31H22NS2+. The summed E-state index contributed by atoms with van der Waals surface area (Å²) in [7, 11) is 2.17. The molecular weight excluding hydrogens is 450 g/mol. The van der Waals surface area contributed by atoms with Crippen molar-refractivity contribution in [2.45, 2.75) is 6.92 Å². The number of fused-ring (bicyclic) bond motifs is 9. The number of rotatable bonds is 1. The maximum atomic E-state index is 2.31. The number of aryl methyl sites for hydroxylation is 1. The first-order valence-electron chi connectivity index (χ1n) is 11.5. The predicted molar refractivity (Wildman–Crippen MR) is 146 cm³/mol. The van der Waals surface area contributed by atoms with E-state index in [-0.39, 0.29) is 0 Å². The molecule has 0 aliphatic heterocycles. The summed E-state index contributed by atoms with van der Waals surface area (Å²) in [6.45, 7) is 2.31. The molecule has 0 fully saturated rings. The number of thiophene rings is 2.